The smallest absolute Gasteiger partial charge is 0.264 e. The van der Waals surface area contributed by atoms with Crippen LogP contribution in [0.1, 0.15) is 36.5 Å². The van der Waals surface area contributed by atoms with Gasteiger partial charge in [-0.05, 0) is 35.2 Å². The molecule has 3 N–H and O–H groups in total. The molecule has 1 amide bonds. The molecular weight excluding hydrogens is 448 g/mol. The van der Waals surface area contributed by atoms with Gasteiger partial charge in [0.05, 0.1) is 12.3 Å². The molecule has 1 fully saturated rings. The van der Waals surface area contributed by atoms with E-state index in [4.69, 9.17) is 5.41 Å². The molecule has 1 aliphatic rings. The lowest BCUT2D eigenvalue weighted by atomic mass is 9.82. The largest absolute Gasteiger partial charge is 0.334 e. The van der Waals surface area contributed by atoms with Gasteiger partial charge in [0.25, 0.3) is 5.91 Å². The number of amides is 1. The van der Waals surface area contributed by atoms with Gasteiger partial charge in [-0.3, -0.25) is 19.8 Å². The molecule has 7 nitrogen and oxygen atoms in total. The Balaban J connectivity index is 1.58. The second-order valence-corrected chi connectivity index (χ2v) is 10.2. The number of hydrogen-bond donors (Lipinski definition) is 3. The summed E-state index contributed by atoms with van der Waals surface area (Å²) in [6.07, 6.45) is 1.40. The highest BCUT2D eigenvalue weighted by atomic mass is 32.2. The van der Waals surface area contributed by atoms with E-state index in [0.29, 0.717) is 12.1 Å². The summed E-state index contributed by atoms with van der Waals surface area (Å²) in [5.74, 6) is -0.140. The third-order valence-corrected chi connectivity index (χ3v) is 7.26. The molecular formula is C26H28N4O3S. The number of guanidine groups is 1. The first kappa shape index (κ1) is 23.5. The van der Waals surface area contributed by atoms with Crippen molar-refractivity contribution in [1.29, 1.82) is 5.41 Å². The number of unbranched alkanes of at least 4 members (excludes halogenated alkanes) is 1. The molecule has 0 aromatic heterocycles. The van der Waals surface area contributed by atoms with Crippen LogP contribution in [0.3, 0.4) is 0 Å². The van der Waals surface area contributed by atoms with Gasteiger partial charge in [-0.25, -0.2) is 8.42 Å². The lowest BCUT2D eigenvalue weighted by Gasteiger charge is -2.28. The summed E-state index contributed by atoms with van der Waals surface area (Å²) in [6.45, 7) is 2.13. The van der Waals surface area contributed by atoms with Gasteiger partial charge in [0.15, 0.2) is 11.5 Å². The van der Waals surface area contributed by atoms with Crippen molar-refractivity contribution in [3.05, 3.63) is 102 Å². The van der Waals surface area contributed by atoms with Crippen molar-refractivity contribution < 1.29 is 13.2 Å². The number of hydrogen-bond acceptors (Lipinski definition) is 4. The Labute approximate surface area is 200 Å². The van der Waals surface area contributed by atoms with Crippen LogP contribution >= 0.6 is 0 Å². The molecule has 1 heterocycles. The van der Waals surface area contributed by atoms with Crippen molar-refractivity contribution in [3.8, 4) is 0 Å². The quantitative estimate of drug-likeness (QED) is 0.434. The highest BCUT2D eigenvalue weighted by molar-refractivity contribution is 7.92. The monoisotopic (exact) mass is 476 g/mol. The normalized spacial score (nSPS) is 15.3. The molecule has 34 heavy (non-hydrogen) atoms. The number of carbonyl (C=O) groups is 1. The van der Waals surface area contributed by atoms with E-state index in [0.717, 1.165) is 23.1 Å². The minimum absolute atomic E-state index is 0.0158. The van der Waals surface area contributed by atoms with Crippen LogP contribution in [0, 0.1) is 5.41 Å². The summed E-state index contributed by atoms with van der Waals surface area (Å²) >= 11 is 0. The van der Waals surface area contributed by atoms with E-state index in [1.165, 1.54) is 4.90 Å². The first-order valence-electron chi connectivity index (χ1n) is 11.2. The van der Waals surface area contributed by atoms with E-state index in [1.807, 2.05) is 67.6 Å². The van der Waals surface area contributed by atoms with Crippen molar-refractivity contribution in [1.82, 2.24) is 10.2 Å². The van der Waals surface area contributed by atoms with E-state index in [2.05, 4.69) is 10.0 Å². The fourth-order valence-electron chi connectivity index (χ4n) is 4.11. The standard InChI is InChI=1S/C26H28N4O3S/c1-2-3-18-34(32,33)29-23-16-14-20(15-17-23)19-30-24(31)26(28-25(30)27,21-10-6-4-7-11-21)22-12-8-5-9-13-22/h4-17,29H,2-3,18-19H2,1H3,(H2,27,28). The summed E-state index contributed by atoms with van der Waals surface area (Å²) in [6, 6.07) is 25.7. The predicted octanol–water partition coefficient (Wildman–Crippen LogP) is 4.04. The van der Waals surface area contributed by atoms with Crippen LogP contribution in [-0.4, -0.2) is 30.9 Å². The molecule has 3 aromatic rings. The van der Waals surface area contributed by atoms with Crippen LogP contribution < -0.4 is 10.0 Å². The zero-order chi connectivity index (χ0) is 24.2. The third-order valence-electron chi connectivity index (χ3n) is 5.89. The van der Waals surface area contributed by atoms with Crippen molar-refractivity contribution in [3.63, 3.8) is 0 Å². The fraction of sp³-hybridized carbons (Fsp3) is 0.231. The summed E-state index contributed by atoms with van der Waals surface area (Å²) in [4.78, 5) is 15.2. The molecule has 0 spiro atoms. The number of benzene rings is 3. The molecule has 0 unspecified atom stereocenters. The molecule has 176 valence electrons. The van der Waals surface area contributed by atoms with E-state index >= 15 is 0 Å². The summed E-state index contributed by atoms with van der Waals surface area (Å²) in [7, 11) is -3.38. The van der Waals surface area contributed by atoms with Crippen LogP contribution in [0.25, 0.3) is 0 Å². The first-order valence-corrected chi connectivity index (χ1v) is 12.9. The summed E-state index contributed by atoms with van der Waals surface area (Å²) in [5.41, 5.74) is 1.59. The minimum atomic E-state index is -3.38. The first-order chi connectivity index (χ1) is 16.4. The molecule has 8 heteroatoms. The van der Waals surface area contributed by atoms with Gasteiger partial charge in [-0.2, -0.15) is 0 Å². The molecule has 0 bridgehead atoms. The van der Waals surface area contributed by atoms with Gasteiger partial charge in [-0.1, -0.05) is 86.1 Å². The van der Waals surface area contributed by atoms with E-state index in [-0.39, 0.29) is 24.2 Å². The molecule has 1 aliphatic heterocycles. The van der Waals surface area contributed by atoms with E-state index in [1.54, 1.807) is 24.3 Å². The number of nitrogens with zero attached hydrogens (tertiary/aromatic N) is 1. The number of anilines is 1. The maximum Gasteiger partial charge on any atom is 0.264 e. The Morgan fingerprint density at radius 1 is 0.912 bits per heavy atom. The number of rotatable bonds is 9. The Bertz CT molecular complexity index is 1220. The second kappa shape index (κ2) is 9.69. The second-order valence-electron chi connectivity index (χ2n) is 8.32. The molecule has 1 saturated heterocycles. The Hall–Kier alpha value is -3.65. The van der Waals surface area contributed by atoms with Crippen molar-refractivity contribution in [2.45, 2.75) is 31.8 Å². The molecule has 0 aliphatic carbocycles. The van der Waals surface area contributed by atoms with Gasteiger partial charge >= 0.3 is 0 Å². The molecule has 0 saturated carbocycles. The van der Waals surface area contributed by atoms with Gasteiger partial charge in [-0.15, -0.1) is 0 Å². The lowest BCUT2D eigenvalue weighted by Crippen LogP contribution is -2.45. The molecule has 4 rings (SSSR count). The average Bonchev–Trinajstić information content (AvgIpc) is 3.10. The average molecular weight is 477 g/mol. The zero-order valence-corrected chi connectivity index (χ0v) is 19.8. The van der Waals surface area contributed by atoms with Crippen LogP contribution in [0.15, 0.2) is 84.9 Å². The Kier molecular flexibility index (Phi) is 6.70. The van der Waals surface area contributed by atoms with Gasteiger partial charge in [0.1, 0.15) is 0 Å². The molecule has 3 aromatic carbocycles. The van der Waals surface area contributed by atoms with Gasteiger partial charge < -0.3 is 5.32 Å². The summed E-state index contributed by atoms with van der Waals surface area (Å²) in [5, 5.41) is 11.7. The number of nitrogens with one attached hydrogen (secondary N) is 3. The maximum atomic E-state index is 13.8. The fourth-order valence-corrected chi connectivity index (χ4v) is 5.38. The van der Waals surface area contributed by atoms with Gasteiger partial charge in [0.2, 0.25) is 10.0 Å². The maximum absolute atomic E-state index is 13.8. The Morgan fingerprint density at radius 2 is 1.47 bits per heavy atom. The van der Waals surface area contributed by atoms with E-state index < -0.39 is 15.6 Å². The van der Waals surface area contributed by atoms with Crippen molar-refractivity contribution in [2.24, 2.45) is 0 Å². The third kappa shape index (κ3) is 4.68. The highest BCUT2D eigenvalue weighted by Crippen LogP contribution is 2.36. The van der Waals surface area contributed by atoms with Crippen LogP contribution in [-0.2, 0) is 26.9 Å². The lowest BCUT2D eigenvalue weighted by molar-refractivity contribution is -0.130. The topological polar surface area (TPSA) is 102 Å². The van der Waals surface area contributed by atoms with Crippen molar-refractivity contribution >= 4 is 27.6 Å². The Morgan fingerprint density at radius 3 is 2.00 bits per heavy atom. The number of carbonyl (C=O) groups excluding carboxylic acids is 1. The summed E-state index contributed by atoms with van der Waals surface area (Å²) < 4.78 is 26.9. The minimum Gasteiger partial charge on any atom is -0.334 e. The highest BCUT2D eigenvalue weighted by Gasteiger charge is 2.52. The predicted molar refractivity (Wildman–Crippen MR) is 134 cm³/mol. The van der Waals surface area contributed by atoms with E-state index in [9.17, 15) is 13.2 Å². The number of sulfonamides is 1. The SMILES string of the molecule is CCCCS(=O)(=O)Nc1ccc(CN2C(=N)NC(c3ccccc3)(c3ccccc3)C2=O)cc1. The van der Waals surface area contributed by atoms with Crippen LogP contribution in [0.4, 0.5) is 5.69 Å². The van der Waals surface area contributed by atoms with Crippen molar-refractivity contribution in [2.75, 3.05) is 10.5 Å². The molecule has 0 atom stereocenters. The molecule has 0 radical (unpaired) electrons. The van der Waals surface area contributed by atoms with Gasteiger partial charge in [0, 0.05) is 5.69 Å². The van der Waals surface area contributed by atoms with Crippen LogP contribution in [0.2, 0.25) is 0 Å². The zero-order valence-electron chi connectivity index (χ0n) is 19.0. The van der Waals surface area contributed by atoms with Crippen LogP contribution in [0.5, 0.6) is 0 Å².